The Balaban J connectivity index is 1.85. The molecule has 2 aromatic rings. The fraction of sp³-hybridized carbons (Fsp3) is 0.188. The van der Waals surface area contributed by atoms with Crippen LogP contribution in [0.2, 0.25) is 5.02 Å². The molecular formula is C16H15ClFNO3. The molecule has 1 N–H and O–H groups in total. The van der Waals surface area contributed by atoms with Crippen LogP contribution < -0.4 is 14.8 Å². The van der Waals surface area contributed by atoms with E-state index in [-0.39, 0.29) is 23.3 Å². The van der Waals surface area contributed by atoms with Gasteiger partial charge in [-0.1, -0.05) is 29.8 Å². The summed E-state index contributed by atoms with van der Waals surface area (Å²) in [4.78, 5) is 11.8. The Kier molecular flexibility index (Phi) is 5.61. The standard InChI is InChI=1S/C16H15ClFNO3/c1-21-14-5-3-2-4-11(14)9-19-16(20)10-22-15-7-6-12(18)8-13(15)17/h2-8H,9-10H2,1H3,(H,19,20). The summed E-state index contributed by atoms with van der Waals surface area (Å²) in [5, 5.41) is 2.84. The van der Waals surface area contributed by atoms with Gasteiger partial charge in [0.1, 0.15) is 17.3 Å². The van der Waals surface area contributed by atoms with Crippen LogP contribution in [0, 0.1) is 5.82 Å². The number of hydrogen-bond donors (Lipinski definition) is 1. The molecule has 0 fully saturated rings. The van der Waals surface area contributed by atoms with Crippen LogP contribution in [-0.2, 0) is 11.3 Å². The Bertz CT molecular complexity index is 664. The quantitative estimate of drug-likeness (QED) is 0.888. The predicted molar refractivity (Wildman–Crippen MR) is 81.7 cm³/mol. The van der Waals surface area contributed by atoms with Crippen molar-refractivity contribution < 1.29 is 18.7 Å². The monoisotopic (exact) mass is 323 g/mol. The van der Waals surface area contributed by atoms with Gasteiger partial charge in [-0.15, -0.1) is 0 Å². The van der Waals surface area contributed by atoms with Crippen molar-refractivity contribution >= 4 is 17.5 Å². The third-order valence-corrected chi connectivity index (χ3v) is 3.22. The van der Waals surface area contributed by atoms with Gasteiger partial charge in [0.05, 0.1) is 12.1 Å². The highest BCUT2D eigenvalue weighted by Crippen LogP contribution is 2.24. The zero-order chi connectivity index (χ0) is 15.9. The topological polar surface area (TPSA) is 47.6 Å². The normalized spacial score (nSPS) is 10.1. The van der Waals surface area contributed by atoms with E-state index in [2.05, 4.69) is 5.32 Å². The summed E-state index contributed by atoms with van der Waals surface area (Å²) in [6, 6.07) is 11.1. The van der Waals surface area contributed by atoms with E-state index in [4.69, 9.17) is 21.1 Å². The SMILES string of the molecule is COc1ccccc1CNC(=O)COc1ccc(F)cc1Cl. The lowest BCUT2D eigenvalue weighted by molar-refractivity contribution is -0.123. The summed E-state index contributed by atoms with van der Waals surface area (Å²) in [7, 11) is 1.57. The molecule has 2 rings (SSSR count). The Morgan fingerprint density at radius 2 is 2.00 bits per heavy atom. The first-order valence-corrected chi connectivity index (χ1v) is 6.94. The number of carbonyl (C=O) groups is 1. The fourth-order valence-corrected chi connectivity index (χ4v) is 2.05. The molecule has 0 radical (unpaired) electrons. The van der Waals surface area contributed by atoms with Crippen LogP contribution in [0.5, 0.6) is 11.5 Å². The van der Waals surface area contributed by atoms with E-state index in [0.717, 1.165) is 11.6 Å². The average molecular weight is 324 g/mol. The van der Waals surface area contributed by atoms with Gasteiger partial charge in [-0.25, -0.2) is 4.39 Å². The Morgan fingerprint density at radius 1 is 1.23 bits per heavy atom. The van der Waals surface area contributed by atoms with E-state index in [9.17, 15) is 9.18 Å². The van der Waals surface area contributed by atoms with Crippen molar-refractivity contribution in [2.45, 2.75) is 6.54 Å². The summed E-state index contributed by atoms with van der Waals surface area (Å²) < 4.78 is 23.4. The van der Waals surface area contributed by atoms with E-state index < -0.39 is 5.82 Å². The molecule has 0 saturated heterocycles. The van der Waals surface area contributed by atoms with Gasteiger partial charge < -0.3 is 14.8 Å². The molecular weight excluding hydrogens is 309 g/mol. The third-order valence-electron chi connectivity index (χ3n) is 2.92. The van der Waals surface area contributed by atoms with Gasteiger partial charge >= 0.3 is 0 Å². The van der Waals surface area contributed by atoms with E-state index in [0.29, 0.717) is 12.3 Å². The van der Waals surface area contributed by atoms with Crippen LogP contribution in [0.15, 0.2) is 42.5 Å². The molecule has 0 saturated carbocycles. The highest BCUT2D eigenvalue weighted by Gasteiger charge is 2.08. The Morgan fingerprint density at radius 3 is 2.73 bits per heavy atom. The maximum Gasteiger partial charge on any atom is 0.258 e. The van der Waals surface area contributed by atoms with E-state index in [1.54, 1.807) is 7.11 Å². The predicted octanol–water partition coefficient (Wildman–Crippen LogP) is 3.18. The number of para-hydroxylation sites is 1. The van der Waals surface area contributed by atoms with Crippen molar-refractivity contribution in [2.75, 3.05) is 13.7 Å². The molecule has 4 nitrogen and oxygen atoms in total. The van der Waals surface area contributed by atoms with E-state index in [1.165, 1.54) is 12.1 Å². The second kappa shape index (κ2) is 7.66. The van der Waals surface area contributed by atoms with Crippen molar-refractivity contribution in [3.05, 3.63) is 58.9 Å². The second-order valence-corrected chi connectivity index (χ2v) is 4.86. The summed E-state index contributed by atoms with van der Waals surface area (Å²) in [5.41, 5.74) is 0.859. The highest BCUT2D eigenvalue weighted by atomic mass is 35.5. The number of amides is 1. The zero-order valence-electron chi connectivity index (χ0n) is 11.9. The van der Waals surface area contributed by atoms with Crippen molar-refractivity contribution in [1.82, 2.24) is 5.32 Å². The summed E-state index contributed by atoms with van der Waals surface area (Å²) >= 11 is 5.81. The lowest BCUT2D eigenvalue weighted by Crippen LogP contribution is -2.28. The number of halogens is 2. The minimum atomic E-state index is -0.460. The van der Waals surface area contributed by atoms with Gasteiger partial charge in [-0.05, 0) is 24.3 Å². The first-order valence-electron chi connectivity index (χ1n) is 6.56. The van der Waals surface area contributed by atoms with Crippen LogP contribution in [0.3, 0.4) is 0 Å². The molecule has 1 amide bonds. The van der Waals surface area contributed by atoms with Crippen molar-refractivity contribution in [2.24, 2.45) is 0 Å². The number of rotatable bonds is 6. The first kappa shape index (κ1) is 16.1. The molecule has 0 aliphatic heterocycles. The smallest absolute Gasteiger partial charge is 0.258 e. The summed E-state index contributed by atoms with van der Waals surface area (Å²) in [6.45, 7) is 0.115. The number of carbonyl (C=O) groups excluding carboxylic acids is 1. The van der Waals surface area contributed by atoms with Gasteiger partial charge in [0, 0.05) is 12.1 Å². The molecule has 0 aliphatic rings. The average Bonchev–Trinajstić information content (AvgIpc) is 2.52. The third kappa shape index (κ3) is 4.36. The molecule has 0 unspecified atom stereocenters. The molecule has 0 atom stereocenters. The van der Waals surface area contributed by atoms with Crippen LogP contribution in [0.4, 0.5) is 4.39 Å². The van der Waals surface area contributed by atoms with Crippen LogP contribution >= 0.6 is 11.6 Å². The maximum atomic E-state index is 12.9. The molecule has 0 aliphatic carbocycles. The fourth-order valence-electron chi connectivity index (χ4n) is 1.83. The zero-order valence-corrected chi connectivity index (χ0v) is 12.7. The van der Waals surface area contributed by atoms with Gasteiger partial charge in [0.15, 0.2) is 6.61 Å². The lowest BCUT2D eigenvalue weighted by Gasteiger charge is -2.11. The highest BCUT2D eigenvalue weighted by molar-refractivity contribution is 6.32. The number of nitrogens with one attached hydrogen (secondary N) is 1. The maximum absolute atomic E-state index is 12.9. The van der Waals surface area contributed by atoms with Gasteiger partial charge in [-0.2, -0.15) is 0 Å². The van der Waals surface area contributed by atoms with Crippen LogP contribution in [0.25, 0.3) is 0 Å². The first-order chi connectivity index (χ1) is 10.6. The van der Waals surface area contributed by atoms with E-state index >= 15 is 0 Å². The largest absolute Gasteiger partial charge is 0.496 e. The molecule has 0 aromatic heterocycles. The van der Waals surface area contributed by atoms with Crippen molar-refractivity contribution in [3.8, 4) is 11.5 Å². The minimum Gasteiger partial charge on any atom is -0.496 e. The molecule has 0 spiro atoms. The van der Waals surface area contributed by atoms with Crippen LogP contribution in [0.1, 0.15) is 5.56 Å². The molecule has 116 valence electrons. The molecule has 22 heavy (non-hydrogen) atoms. The molecule has 2 aromatic carbocycles. The van der Waals surface area contributed by atoms with Gasteiger partial charge in [0.2, 0.25) is 0 Å². The number of benzene rings is 2. The number of methoxy groups -OCH3 is 1. The van der Waals surface area contributed by atoms with Gasteiger partial charge in [0.25, 0.3) is 5.91 Å². The molecule has 0 heterocycles. The summed E-state index contributed by atoms with van der Waals surface area (Å²) in [6.07, 6.45) is 0. The lowest BCUT2D eigenvalue weighted by atomic mass is 10.2. The Labute approximate surface area is 132 Å². The Hall–Kier alpha value is -2.27. The number of hydrogen-bond acceptors (Lipinski definition) is 3. The molecule has 6 heteroatoms. The molecule has 0 bridgehead atoms. The van der Waals surface area contributed by atoms with E-state index in [1.807, 2.05) is 24.3 Å². The summed E-state index contributed by atoms with van der Waals surface area (Å²) in [5.74, 6) is 0.185. The van der Waals surface area contributed by atoms with Gasteiger partial charge in [-0.3, -0.25) is 4.79 Å². The van der Waals surface area contributed by atoms with Crippen molar-refractivity contribution in [3.63, 3.8) is 0 Å². The van der Waals surface area contributed by atoms with Crippen molar-refractivity contribution in [1.29, 1.82) is 0 Å². The number of ether oxygens (including phenoxy) is 2. The second-order valence-electron chi connectivity index (χ2n) is 4.45. The van der Waals surface area contributed by atoms with Crippen LogP contribution in [-0.4, -0.2) is 19.6 Å². The minimum absolute atomic E-state index is 0.123.